The third-order valence-corrected chi connectivity index (χ3v) is 4.19. The molecule has 0 radical (unpaired) electrons. The molecule has 0 aliphatic rings. The number of phenols is 2. The number of ether oxygens (including phenoxy) is 3. The van der Waals surface area contributed by atoms with Gasteiger partial charge in [-0.1, -0.05) is 11.6 Å². The van der Waals surface area contributed by atoms with Crippen LogP contribution in [-0.2, 0) is 11.2 Å². The monoisotopic (exact) mass is 400 g/mol. The lowest BCUT2D eigenvalue weighted by molar-refractivity contribution is 0.0503. The molecule has 2 rings (SSSR count). The van der Waals surface area contributed by atoms with Crippen molar-refractivity contribution in [2.24, 2.45) is 0 Å². The molecule has 0 atom stereocenters. The molecule has 0 amide bonds. The number of ketones is 2. The van der Waals surface area contributed by atoms with E-state index in [0.717, 1.165) is 5.57 Å². The number of carbonyl (C=O) groups excluding carboxylic acids is 2. The summed E-state index contributed by atoms with van der Waals surface area (Å²) in [5.74, 6) is -1.93. The summed E-state index contributed by atoms with van der Waals surface area (Å²) in [6.07, 6.45) is 2.16. The first-order valence-corrected chi connectivity index (χ1v) is 8.86. The highest BCUT2D eigenvalue weighted by atomic mass is 16.7. The maximum absolute atomic E-state index is 12.8. The average molecular weight is 400 g/mol. The number of hydrogen-bond donors (Lipinski definition) is 2. The van der Waals surface area contributed by atoms with Gasteiger partial charge in [-0.2, -0.15) is 0 Å². The first-order valence-electron chi connectivity index (χ1n) is 8.86. The van der Waals surface area contributed by atoms with Crippen molar-refractivity contribution >= 4 is 11.6 Å². The molecule has 2 aromatic rings. The van der Waals surface area contributed by atoms with Gasteiger partial charge in [-0.05, 0) is 44.5 Å². The zero-order chi connectivity index (χ0) is 21.6. The van der Waals surface area contributed by atoms with Crippen molar-refractivity contribution in [1.29, 1.82) is 0 Å². The Morgan fingerprint density at radius 2 is 1.66 bits per heavy atom. The van der Waals surface area contributed by atoms with E-state index < -0.39 is 11.6 Å². The molecular weight excluding hydrogens is 376 g/mol. The van der Waals surface area contributed by atoms with Crippen molar-refractivity contribution in [3.8, 4) is 23.0 Å². The Morgan fingerprint density at radius 1 is 1.00 bits per heavy atom. The van der Waals surface area contributed by atoms with E-state index in [0.29, 0.717) is 23.5 Å². The fourth-order valence-electron chi connectivity index (χ4n) is 2.64. The normalized spacial score (nSPS) is 10.3. The molecule has 0 spiro atoms. The van der Waals surface area contributed by atoms with E-state index in [1.165, 1.54) is 44.6 Å². The maximum Gasteiger partial charge on any atom is 0.237 e. The molecule has 0 aliphatic heterocycles. The molecule has 0 saturated carbocycles. The van der Waals surface area contributed by atoms with Gasteiger partial charge in [0.05, 0.1) is 18.2 Å². The summed E-state index contributed by atoms with van der Waals surface area (Å²) in [4.78, 5) is 25.4. The molecule has 0 fully saturated rings. The van der Waals surface area contributed by atoms with E-state index in [9.17, 15) is 19.8 Å². The number of methoxy groups -OCH3 is 2. The van der Waals surface area contributed by atoms with Crippen LogP contribution in [0.2, 0.25) is 0 Å². The summed E-state index contributed by atoms with van der Waals surface area (Å²) < 4.78 is 15.3. The Kier molecular flexibility index (Phi) is 7.39. The van der Waals surface area contributed by atoms with Crippen molar-refractivity contribution in [3.63, 3.8) is 0 Å². The molecule has 0 saturated heterocycles. The lowest BCUT2D eigenvalue weighted by Crippen LogP contribution is -2.16. The maximum atomic E-state index is 12.8. The highest BCUT2D eigenvalue weighted by Gasteiger charge is 2.26. The van der Waals surface area contributed by atoms with Crippen LogP contribution in [0.4, 0.5) is 0 Å². The van der Waals surface area contributed by atoms with Crippen molar-refractivity contribution in [1.82, 2.24) is 0 Å². The molecule has 2 N–H and O–H groups in total. The number of Topliss-reactive ketones (excluding diaryl/α,β-unsaturated/α-hetero) is 2. The second-order valence-corrected chi connectivity index (χ2v) is 6.52. The van der Waals surface area contributed by atoms with E-state index in [2.05, 4.69) is 0 Å². The van der Waals surface area contributed by atoms with Crippen LogP contribution in [-0.4, -0.2) is 42.8 Å². The molecule has 0 bridgehead atoms. The number of phenolic OH excluding ortho intramolecular Hbond substituents is 2. The number of rotatable bonds is 9. The van der Waals surface area contributed by atoms with E-state index >= 15 is 0 Å². The van der Waals surface area contributed by atoms with Crippen LogP contribution in [0, 0.1) is 0 Å². The van der Waals surface area contributed by atoms with Gasteiger partial charge in [0.1, 0.15) is 23.0 Å². The quantitative estimate of drug-likeness (QED) is 0.287. The highest BCUT2D eigenvalue weighted by Crippen LogP contribution is 2.34. The molecule has 29 heavy (non-hydrogen) atoms. The minimum Gasteiger partial charge on any atom is -0.507 e. The van der Waals surface area contributed by atoms with Crippen LogP contribution in [0.1, 0.15) is 40.1 Å². The van der Waals surface area contributed by atoms with Crippen LogP contribution in [0.3, 0.4) is 0 Å². The topological polar surface area (TPSA) is 102 Å². The van der Waals surface area contributed by atoms with Gasteiger partial charge in [0.25, 0.3) is 0 Å². The van der Waals surface area contributed by atoms with Gasteiger partial charge in [0.2, 0.25) is 11.6 Å². The van der Waals surface area contributed by atoms with Crippen LogP contribution in [0.25, 0.3) is 0 Å². The van der Waals surface area contributed by atoms with E-state index in [-0.39, 0.29) is 29.4 Å². The van der Waals surface area contributed by atoms with Crippen LogP contribution < -0.4 is 9.47 Å². The minimum atomic E-state index is -0.945. The standard InChI is InChI=1S/C22H24O7/c1-13(2)5-7-16-19(29-12-27-3)10-9-17(20(16)24)22(26)21(25)15-8-6-14(28-4)11-18(15)23/h5-6,8-11,23-24H,7,12H2,1-4H3. The van der Waals surface area contributed by atoms with Crippen molar-refractivity contribution in [2.45, 2.75) is 20.3 Å². The SMILES string of the molecule is COCOc1ccc(C(=O)C(=O)c2ccc(OC)cc2O)c(O)c1CC=C(C)C. The predicted octanol–water partition coefficient (Wildman–Crippen LogP) is 3.66. The van der Waals surface area contributed by atoms with Crippen molar-refractivity contribution < 1.29 is 34.0 Å². The zero-order valence-electron chi connectivity index (χ0n) is 16.8. The summed E-state index contributed by atoms with van der Waals surface area (Å²) in [6.45, 7) is 3.77. The van der Waals surface area contributed by atoms with Gasteiger partial charge < -0.3 is 24.4 Å². The number of allylic oxidation sites excluding steroid dienone is 2. The van der Waals surface area contributed by atoms with Crippen molar-refractivity contribution in [3.05, 3.63) is 58.7 Å². The van der Waals surface area contributed by atoms with Crippen LogP contribution in [0.15, 0.2) is 42.0 Å². The minimum absolute atomic E-state index is 0.0345. The fraction of sp³-hybridized carbons (Fsp3) is 0.273. The summed E-state index contributed by atoms with van der Waals surface area (Å²) in [5, 5.41) is 20.7. The molecule has 0 aromatic heterocycles. The third-order valence-electron chi connectivity index (χ3n) is 4.19. The average Bonchev–Trinajstić information content (AvgIpc) is 2.70. The lowest BCUT2D eigenvalue weighted by Gasteiger charge is -2.14. The number of carbonyl (C=O) groups is 2. The smallest absolute Gasteiger partial charge is 0.237 e. The van der Waals surface area contributed by atoms with Gasteiger partial charge in [-0.15, -0.1) is 0 Å². The number of benzene rings is 2. The molecule has 0 aliphatic carbocycles. The van der Waals surface area contributed by atoms with Crippen molar-refractivity contribution in [2.75, 3.05) is 21.0 Å². The third kappa shape index (κ3) is 5.14. The number of aromatic hydroxyl groups is 2. The summed E-state index contributed by atoms with van der Waals surface area (Å²) in [7, 11) is 2.88. The Labute approximate surface area is 169 Å². The van der Waals surface area contributed by atoms with E-state index in [1.54, 1.807) is 0 Å². The first-order chi connectivity index (χ1) is 13.8. The Balaban J connectivity index is 2.44. The van der Waals surface area contributed by atoms with Gasteiger partial charge in [-0.25, -0.2) is 0 Å². The molecule has 154 valence electrons. The highest BCUT2D eigenvalue weighted by molar-refractivity contribution is 6.50. The molecule has 0 heterocycles. The molecule has 0 unspecified atom stereocenters. The second kappa shape index (κ2) is 9.75. The fourth-order valence-corrected chi connectivity index (χ4v) is 2.64. The Bertz CT molecular complexity index is 940. The van der Waals surface area contributed by atoms with Gasteiger partial charge in [-0.3, -0.25) is 9.59 Å². The summed E-state index contributed by atoms with van der Waals surface area (Å²) in [6, 6.07) is 6.81. The lowest BCUT2D eigenvalue weighted by atomic mass is 9.96. The molecular formula is C22H24O7. The van der Waals surface area contributed by atoms with Gasteiger partial charge in [0, 0.05) is 18.7 Å². The first kappa shape index (κ1) is 22.0. The molecule has 7 nitrogen and oxygen atoms in total. The van der Waals surface area contributed by atoms with Crippen LogP contribution in [0.5, 0.6) is 23.0 Å². The zero-order valence-corrected chi connectivity index (χ0v) is 16.8. The largest absolute Gasteiger partial charge is 0.507 e. The predicted molar refractivity (Wildman–Crippen MR) is 107 cm³/mol. The van der Waals surface area contributed by atoms with Gasteiger partial charge in [0.15, 0.2) is 6.79 Å². The molecule has 7 heteroatoms. The van der Waals surface area contributed by atoms with Gasteiger partial charge >= 0.3 is 0 Å². The molecule has 2 aromatic carbocycles. The van der Waals surface area contributed by atoms with E-state index in [4.69, 9.17) is 14.2 Å². The Hall–Kier alpha value is -3.32. The Morgan fingerprint density at radius 3 is 2.24 bits per heavy atom. The van der Waals surface area contributed by atoms with Crippen LogP contribution >= 0.6 is 0 Å². The summed E-state index contributed by atoms with van der Waals surface area (Å²) >= 11 is 0. The van der Waals surface area contributed by atoms with E-state index in [1.807, 2.05) is 19.9 Å². The second-order valence-electron chi connectivity index (χ2n) is 6.52. The number of hydrogen-bond acceptors (Lipinski definition) is 7. The summed E-state index contributed by atoms with van der Waals surface area (Å²) in [5.41, 5.74) is 1.02.